The standard InChI is InChI=1S/C22H37NO4S/c1-3-4-5-6-7-8-9-10-22(19(2)24)27-21-13-11-20(12-14-21)23-15-17-28(25,26)18-16-23/h11-14,19,22,24H,3-10,15-18H2,1-2H3. The molecule has 0 saturated carbocycles. The van der Waals surface area contributed by atoms with Crippen molar-refractivity contribution in [1.82, 2.24) is 0 Å². The monoisotopic (exact) mass is 411 g/mol. The molecule has 1 aromatic carbocycles. The van der Waals surface area contributed by atoms with Crippen molar-refractivity contribution in [2.45, 2.75) is 77.4 Å². The maximum atomic E-state index is 11.6. The van der Waals surface area contributed by atoms with Crippen LogP contribution in [0, 0.1) is 0 Å². The van der Waals surface area contributed by atoms with Crippen LogP contribution in [0.3, 0.4) is 0 Å². The van der Waals surface area contributed by atoms with Crippen molar-refractivity contribution < 1.29 is 18.3 Å². The fourth-order valence-corrected chi connectivity index (χ4v) is 4.78. The lowest BCUT2D eigenvalue weighted by Crippen LogP contribution is -2.40. The van der Waals surface area contributed by atoms with Gasteiger partial charge in [0.1, 0.15) is 11.9 Å². The molecule has 0 amide bonds. The van der Waals surface area contributed by atoms with Crippen molar-refractivity contribution in [1.29, 1.82) is 0 Å². The number of rotatable bonds is 12. The third-order valence-corrected chi connectivity index (χ3v) is 7.07. The van der Waals surface area contributed by atoms with E-state index in [1.807, 2.05) is 24.3 Å². The van der Waals surface area contributed by atoms with Crippen LogP contribution >= 0.6 is 0 Å². The van der Waals surface area contributed by atoms with Gasteiger partial charge in [-0.05, 0) is 44.0 Å². The molecule has 1 heterocycles. The summed E-state index contributed by atoms with van der Waals surface area (Å²) in [6.45, 7) is 5.09. The minimum atomic E-state index is -2.87. The van der Waals surface area contributed by atoms with Crippen molar-refractivity contribution in [2.24, 2.45) is 0 Å². The molecule has 1 aliphatic rings. The van der Waals surface area contributed by atoms with Gasteiger partial charge < -0.3 is 14.7 Å². The number of hydrogen-bond acceptors (Lipinski definition) is 5. The molecule has 0 aromatic heterocycles. The highest BCUT2D eigenvalue weighted by atomic mass is 32.2. The average molecular weight is 412 g/mol. The molecule has 2 rings (SSSR count). The molecule has 1 aromatic rings. The lowest BCUT2D eigenvalue weighted by Gasteiger charge is -2.29. The van der Waals surface area contributed by atoms with E-state index >= 15 is 0 Å². The Labute approximate surface area is 171 Å². The molecule has 1 N–H and O–H groups in total. The Kier molecular flexibility index (Phi) is 9.59. The molecule has 0 bridgehead atoms. The van der Waals surface area contributed by atoms with Crippen molar-refractivity contribution in [2.75, 3.05) is 29.5 Å². The molecule has 0 radical (unpaired) electrons. The summed E-state index contributed by atoms with van der Waals surface area (Å²) >= 11 is 0. The van der Waals surface area contributed by atoms with Crippen molar-refractivity contribution in [3.05, 3.63) is 24.3 Å². The first-order valence-electron chi connectivity index (χ1n) is 10.8. The highest BCUT2D eigenvalue weighted by molar-refractivity contribution is 7.91. The van der Waals surface area contributed by atoms with E-state index in [0.717, 1.165) is 24.3 Å². The summed E-state index contributed by atoms with van der Waals surface area (Å²) in [7, 11) is -2.87. The second kappa shape index (κ2) is 11.7. The number of sulfone groups is 1. The molecule has 2 atom stereocenters. The molecule has 0 aliphatic carbocycles. The fourth-order valence-electron chi connectivity index (χ4n) is 3.58. The van der Waals surface area contributed by atoms with Gasteiger partial charge in [0.25, 0.3) is 0 Å². The van der Waals surface area contributed by atoms with Gasteiger partial charge in [0.15, 0.2) is 9.84 Å². The average Bonchev–Trinajstić information content (AvgIpc) is 2.67. The van der Waals surface area contributed by atoms with E-state index in [-0.39, 0.29) is 17.6 Å². The molecule has 5 nitrogen and oxygen atoms in total. The van der Waals surface area contributed by atoms with Gasteiger partial charge in [0.05, 0.1) is 17.6 Å². The molecule has 2 unspecified atom stereocenters. The van der Waals surface area contributed by atoms with Crippen molar-refractivity contribution >= 4 is 15.5 Å². The van der Waals surface area contributed by atoms with E-state index in [9.17, 15) is 13.5 Å². The summed E-state index contributed by atoms with van der Waals surface area (Å²) in [6, 6.07) is 7.78. The summed E-state index contributed by atoms with van der Waals surface area (Å²) in [6.07, 6.45) is 8.89. The molecule has 160 valence electrons. The Balaban J connectivity index is 1.78. The molecule has 6 heteroatoms. The van der Waals surface area contributed by atoms with Gasteiger partial charge in [0.2, 0.25) is 0 Å². The molecule has 1 aliphatic heterocycles. The number of aliphatic hydroxyl groups is 1. The zero-order valence-corrected chi connectivity index (χ0v) is 18.3. The van der Waals surface area contributed by atoms with Gasteiger partial charge in [-0.25, -0.2) is 8.42 Å². The molecule has 0 spiro atoms. The van der Waals surface area contributed by atoms with Gasteiger partial charge in [-0.15, -0.1) is 0 Å². The number of nitrogens with zero attached hydrogens (tertiary/aromatic N) is 1. The molecular formula is C22H37NO4S. The van der Waals surface area contributed by atoms with Crippen LogP contribution in [-0.2, 0) is 9.84 Å². The Bertz CT molecular complexity index is 644. The number of hydrogen-bond donors (Lipinski definition) is 1. The number of anilines is 1. The Morgan fingerprint density at radius 2 is 1.57 bits per heavy atom. The molecule has 28 heavy (non-hydrogen) atoms. The zero-order valence-electron chi connectivity index (χ0n) is 17.5. The molecular weight excluding hydrogens is 374 g/mol. The van der Waals surface area contributed by atoms with Crippen molar-refractivity contribution in [3.63, 3.8) is 0 Å². The van der Waals surface area contributed by atoms with Crippen LogP contribution < -0.4 is 9.64 Å². The summed E-state index contributed by atoms with van der Waals surface area (Å²) in [4.78, 5) is 2.09. The second-order valence-corrected chi connectivity index (χ2v) is 10.2. The predicted octanol–water partition coefficient (Wildman–Crippen LogP) is 4.19. The van der Waals surface area contributed by atoms with E-state index in [0.29, 0.717) is 13.1 Å². The van der Waals surface area contributed by atoms with Crippen LogP contribution in [-0.4, -0.2) is 50.3 Å². The van der Waals surface area contributed by atoms with Gasteiger partial charge in [-0.3, -0.25) is 0 Å². The molecule has 1 fully saturated rings. The number of ether oxygens (including phenoxy) is 1. The smallest absolute Gasteiger partial charge is 0.153 e. The topological polar surface area (TPSA) is 66.8 Å². The van der Waals surface area contributed by atoms with Crippen LogP contribution in [0.15, 0.2) is 24.3 Å². The van der Waals surface area contributed by atoms with Crippen LogP contribution in [0.25, 0.3) is 0 Å². The highest BCUT2D eigenvalue weighted by Crippen LogP contribution is 2.23. The summed E-state index contributed by atoms with van der Waals surface area (Å²) in [5, 5.41) is 10.1. The minimum absolute atomic E-state index is 0.193. The van der Waals surface area contributed by atoms with Gasteiger partial charge in [-0.1, -0.05) is 45.4 Å². The Morgan fingerprint density at radius 3 is 2.14 bits per heavy atom. The summed E-state index contributed by atoms with van der Waals surface area (Å²) in [5.41, 5.74) is 1.02. The van der Waals surface area contributed by atoms with E-state index < -0.39 is 15.9 Å². The van der Waals surface area contributed by atoms with E-state index in [2.05, 4.69) is 11.8 Å². The SMILES string of the molecule is CCCCCCCCCC(Oc1ccc(N2CCS(=O)(=O)CC2)cc1)C(C)O. The summed E-state index contributed by atoms with van der Waals surface area (Å²) in [5.74, 6) is 1.18. The zero-order chi connectivity index (χ0) is 20.4. The van der Waals surface area contributed by atoms with Gasteiger partial charge in [-0.2, -0.15) is 0 Å². The predicted molar refractivity (Wildman–Crippen MR) is 116 cm³/mol. The fraction of sp³-hybridized carbons (Fsp3) is 0.727. The normalized spacial score (nSPS) is 18.6. The largest absolute Gasteiger partial charge is 0.488 e. The Hall–Kier alpha value is -1.27. The third-order valence-electron chi connectivity index (χ3n) is 5.46. The van der Waals surface area contributed by atoms with E-state index in [1.165, 1.54) is 38.5 Å². The van der Waals surface area contributed by atoms with Gasteiger partial charge >= 0.3 is 0 Å². The van der Waals surface area contributed by atoms with Crippen LogP contribution in [0.5, 0.6) is 5.75 Å². The minimum Gasteiger partial charge on any atom is -0.488 e. The lowest BCUT2D eigenvalue weighted by atomic mass is 10.0. The van der Waals surface area contributed by atoms with Crippen LogP contribution in [0.4, 0.5) is 5.69 Å². The van der Waals surface area contributed by atoms with Gasteiger partial charge in [0, 0.05) is 18.8 Å². The van der Waals surface area contributed by atoms with Crippen LogP contribution in [0.1, 0.15) is 65.2 Å². The number of aliphatic hydroxyl groups excluding tert-OH is 1. The van der Waals surface area contributed by atoms with E-state index in [4.69, 9.17) is 4.74 Å². The first-order chi connectivity index (χ1) is 13.4. The summed E-state index contributed by atoms with van der Waals surface area (Å²) < 4.78 is 29.2. The Morgan fingerprint density at radius 1 is 1.00 bits per heavy atom. The molecule has 1 saturated heterocycles. The number of unbranched alkanes of at least 4 members (excludes halogenated alkanes) is 6. The third kappa shape index (κ3) is 8.00. The lowest BCUT2D eigenvalue weighted by molar-refractivity contribution is 0.0418. The van der Waals surface area contributed by atoms with Crippen LogP contribution in [0.2, 0.25) is 0 Å². The maximum Gasteiger partial charge on any atom is 0.153 e. The second-order valence-electron chi connectivity index (χ2n) is 7.94. The first kappa shape index (κ1) is 23.0. The number of benzene rings is 1. The first-order valence-corrected chi connectivity index (χ1v) is 12.6. The highest BCUT2D eigenvalue weighted by Gasteiger charge is 2.22. The van der Waals surface area contributed by atoms with E-state index in [1.54, 1.807) is 6.92 Å². The maximum absolute atomic E-state index is 11.6. The quantitative estimate of drug-likeness (QED) is 0.522. The van der Waals surface area contributed by atoms with Crippen molar-refractivity contribution in [3.8, 4) is 5.75 Å².